The molecule has 0 amide bonds. The van der Waals surface area contributed by atoms with Crippen molar-refractivity contribution < 1.29 is 8.42 Å². The van der Waals surface area contributed by atoms with E-state index < -0.39 is 10.0 Å². The molecule has 0 bridgehead atoms. The van der Waals surface area contributed by atoms with Crippen molar-refractivity contribution in [1.29, 1.82) is 0 Å². The number of primary sulfonamides is 1. The van der Waals surface area contributed by atoms with Crippen LogP contribution in [0.4, 0.5) is 0 Å². The zero-order valence-electron chi connectivity index (χ0n) is 8.79. The van der Waals surface area contributed by atoms with Gasteiger partial charge < -0.3 is 4.57 Å². The molecule has 2 N–H and O–H groups in total. The third-order valence-corrected chi connectivity index (χ3v) is 3.33. The van der Waals surface area contributed by atoms with E-state index >= 15 is 0 Å². The molecule has 0 saturated carbocycles. The van der Waals surface area contributed by atoms with Crippen molar-refractivity contribution in [2.24, 2.45) is 5.14 Å². The van der Waals surface area contributed by atoms with E-state index in [1.54, 1.807) is 12.1 Å². The standard InChI is InChI=1S/C11H12N2O2S/c1-9-3-2-8-13(9)10-4-6-11(7-5-10)16(12,14)15/h2-8H,1H3,(H2,12,14,15). The predicted octanol–water partition coefficient (Wildman–Crippen LogP) is 1.43. The number of nitrogens with two attached hydrogens (primary N) is 1. The summed E-state index contributed by atoms with van der Waals surface area (Å²) in [5, 5.41) is 5.02. The van der Waals surface area contributed by atoms with E-state index in [9.17, 15) is 8.42 Å². The molecule has 1 heterocycles. The molecule has 5 heteroatoms. The SMILES string of the molecule is Cc1cccn1-c1ccc(S(N)(=O)=O)cc1. The topological polar surface area (TPSA) is 65.1 Å². The second kappa shape index (κ2) is 3.77. The second-order valence-corrected chi connectivity index (χ2v) is 5.12. The van der Waals surface area contributed by atoms with Crippen molar-refractivity contribution in [2.75, 3.05) is 0 Å². The predicted molar refractivity (Wildman–Crippen MR) is 61.9 cm³/mol. The van der Waals surface area contributed by atoms with E-state index in [4.69, 9.17) is 5.14 Å². The third kappa shape index (κ3) is 2.00. The van der Waals surface area contributed by atoms with Gasteiger partial charge in [0.2, 0.25) is 10.0 Å². The first-order chi connectivity index (χ1) is 7.48. The van der Waals surface area contributed by atoms with Crippen molar-refractivity contribution in [3.63, 3.8) is 0 Å². The van der Waals surface area contributed by atoms with Crippen LogP contribution < -0.4 is 5.14 Å². The van der Waals surface area contributed by atoms with Crippen molar-refractivity contribution in [2.45, 2.75) is 11.8 Å². The highest BCUT2D eigenvalue weighted by Gasteiger charge is 2.07. The molecular weight excluding hydrogens is 224 g/mol. The molecule has 1 aromatic carbocycles. The van der Waals surface area contributed by atoms with E-state index in [0.29, 0.717) is 0 Å². The Morgan fingerprint density at radius 3 is 2.19 bits per heavy atom. The highest BCUT2D eigenvalue weighted by atomic mass is 32.2. The van der Waals surface area contributed by atoms with Gasteiger partial charge in [0, 0.05) is 17.6 Å². The van der Waals surface area contributed by atoms with Gasteiger partial charge in [0.25, 0.3) is 0 Å². The Morgan fingerprint density at radius 2 is 1.75 bits per heavy atom. The Kier molecular flexibility index (Phi) is 2.57. The fourth-order valence-electron chi connectivity index (χ4n) is 1.55. The monoisotopic (exact) mass is 236 g/mol. The number of aryl methyl sites for hydroxylation is 1. The van der Waals surface area contributed by atoms with Gasteiger partial charge in [-0.3, -0.25) is 0 Å². The summed E-state index contributed by atoms with van der Waals surface area (Å²) in [4.78, 5) is 0.126. The fourth-order valence-corrected chi connectivity index (χ4v) is 2.07. The molecule has 2 rings (SSSR count). The maximum absolute atomic E-state index is 11.1. The maximum atomic E-state index is 11.1. The summed E-state index contributed by atoms with van der Waals surface area (Å²) in [6.07, 6.45) is 1.92. The Labute approximate surface area is 94.4 Å². The van der Waals surface area contributed by atoms with E-state index in [1.165, 1.54) is 12.1 Å². The van der Waals surface area contributed by atoms with Crippen LogP contribution in [-0.4, -0.2) is 13.0 Å². The lowest BCUT2D eigenvalue weighted by Gasteiger charge is -2.06. The molecule has 84 valence electrons. The van der Waals surface area contributed by atoms with Gasteiger partial charge in [-0.05, 0) is 43.3 Å². The first-order valence-electron chi connectivity index (χ1n) is 4.76. The van der Waals surface area contributed by atoms with E-state index in [0.717, 1.165) is 11.4 Å². The van der Waals surface area contributed by atoms with Gasteiger partial charge in [-0.2, -0.15) is 0 Å². The summed E-state index contributed by atoms with van der Waals surface area (Å²) in [6, 6.07) is 10.4. The molecule has 0 fully saturated rings. The number of sulfonamides is 1. The number of benzene rings is 1. The molecule has 0 aliphatic heterocycles. The molecule has 0 spiro atoms. The number of rotatable bonds is 2. The largest absolute Gasteiger partial charge is 0.321 e. The molecule has 1 aromatic heterocycles. The lowest BCUT2D eigenvalue weighted by atomic mass is 10.3. The Balaban J connectivity index is 2.45. The third-order valence-electron chi connectivity index (χ3n) is 2.40. The first kappa shape index (κ1) is 10.9. The Hall–Kier alpha value is -1.59. The van der Waals surface area contributed by atoms with Crippen molar-refractivity contribution in [1.82, 2.24) is 4.57 Å². The van der Waals surface area contributed by atoms with Crippen LogP contribution in [0.3, 0.4) is 0 Å². The van der Waals surface area contributed by atoms with Gasteiger partial charge in [-0.25, -0.2) is 13.6 Å². The molecule has 0 saturated heterocycles. The summed E-state index contributed by atoms with van der Waals surface area (Å²) in [7, 11) is -3.61. The molecule has 0 unspecified atom stereocenters. The number of nitrogens with zero attached hydrogens (tertiary/aromatic N) is 1. The van der Waals surface area contributed by atoms with E-state index in [1.807, 2.05) is 29.8 Å². The van der Waals surface area contributed by atoms with Crippen molar-refractivity contribution in [3.8, 4) is 5.69 Å². The minimum atomic E-state index is -3.61. The Bertz CT molecular complexity index is 597. The zero-order chi connectivity index (χ0) is 11.8. The number of hydrogen-bond acceptors (Lipinski definition) is 2. The summed E-state index contributed by atoms with van der Waals surface area (Å²) >= 11 is 0. The maximum Gasteiger partial charge on any atom is 0.238 e. The van der Waals surface area contributed by atoms with Gasteiger partial charge in [0.05, 0.1) is 4.90 Å². The highest BCUT2D eigenvalue weighted by molar-refractivity contribution is 7.89. The van der Waals surface area contributed by atoms with Gasteiger partial charge in [-0.1, -0.05) is 0 Å². The lowest BCUT2D eigenvalue weighted by Crippen LogP contribution is -2.12. The second-order valence-electron chi connectivity index (χ2n) is 3.56. The highest BCUT2D eigenvalue weighted by Crippen LogP contribution is 2.14. The first-order valence-corrected chi connectivity index (χ1v) is 6.30. The summed E-state index contributed by atoms with van der Waals surface area (Å²) in [6.45, 7) is 1.98. The van der Waals surface area contributed by atoms with Crippen LogP contribution in [0, 0.1) is 6.92 Å². The summed E-state index contributed by atoms with van der Waals surface area (Å²) < 4.78 is 24.1. The van der Waals surface area contributed by atoms with Gasteiger partial charge in [0.1, 0.15) is 0 Å². The normalized spacial score (nSPS) is 11.6. The molecular formula is C11H12N2O2S. The molecule has 4 nitrogen and oxygen atoms in total. The summed E-state index contributed by atoms with van der Waals surface area (Å²) in [5.41, 5.74) is 2.00. The fraction of sp³-hybridized carbons (Fsp3) is 0.0909. The Morgan fingerprint density at radius 1 is 1.12 bits per heavy atom. The van der Waals surface area contributed by atoms with Gasteiger partial charge >= 0.3 is 0 Å². The molecule has 0 radical (unpaired) electrons. The van der Waals surface area contributed by atoms with Crippen LogP contribution in [-0.2, 0) is 10.0 Å². The van der Waals surface area contributed by atoms with Crippen molar-refractivity contribution >= 4 is 10.0 Å². The average Bonchev–Trinajstić information content (AvgIpc) is 2.63. The van der Waals surface area contributed by atoms with Crippen LogP contribution >= 0.6 is 0 Å². The smallest absolute Gasteiger partial charge is 0.238 e. The van der Waals surface area contributed by atoms with Crippen LogP contribution in [0.25, 0.3) is 5.69 Å². The molecule has 0 aliphatic carbocycles. The minimum Gasteiger partial charge on any atom is -0.321 e. The van der Waals surface area contributed by atoms with Crippen LogP contribution in [0.5, 0.6) is 0 Å². The van der Waals surface area contributed by atoms with Crippen LogP contribution in [0.2, 0.25) is 0 Å². The molecule has 0 aliphatic rings. The van der Waals surface area contributed by atoms with E-state index in [-0.39, 0.29) is 4.90 Å². The zero-order valence-corrected chi connectivity index (χ0v) is 9.61. The van der Waals surface area contributed by atoms with Gasteiger partial charge in [-0.15, -0.1) is 0 Å². The molecule has 0 atom stereocenters. The number of aromatic nitrogens is 1. The molecule has 2 aromatic rings. The van der Waals surface area contributed by atoms with E-state index in [2.05, 4.69) is 0 Å². The minimum absolute atomic E-state index is 0.126. The summed E-state index contributed by atoms with van der Waals surface area (Å²) in [5.74, 6) is 0. The lowest BCUT2D eigenvalue weighted by molar-refractivity contribution is 0.598. The van der Waals surface area contributed by atoms with Crippen LogP contribution in [0.15, 0.2) is 47.5 Å². The van der Waals surface area contributed by atoms with Crippen LogP contribution in [0.1, 0.15) is 5.69 Å². The quantitative estimate of drug-likeness (QED) is 0.857. The average molecular weight is 236 g/mol. The van der Waals surface area contributed by atoms with Gasteiger partial charge in [0.15, 0.2) is 0 Å². The molecule has 16 heavy (non-hydrogen) atoms. The van der Waals surface area contributed by atoms with Crippen molar-refractivity contribution in [3.05, 3.63) is 48.3 Å². The number of hydrogen-bond donors (Lipinski definition) is 1.